The van der Waals surface area contributed by atoms with E-state index in [1.54, 1.807) is 6.08 Å². The summed E-state index contributed by atoms with van der Waals surface area (Å²) in [7, 11) is 1.34. The molecule has 1 aliphatic carbocycles. The number of carbonyl (C=O) groups is 1. The lowest BCUT2D eigenvalue weighted by Crippen LogP contribution is -2.47. The van der Waals surface area contributed by atoms with Gasteiger partial charge in [-0.15, -0.1) is 0 Å². The normalized spacial score (nSPS) is 33.9. The van der Waals surface area contributed by atoms with E-state index < -0.39 is 11.6 Å². The van der Waals surface area contributed by atoms with Crippen LogP contribution in [0.1, 0.15) is 40.0 Å². The van der Waals surface area contributed by atoms with Crippen molar-refractivity contribution >= 4 is 5.97 Å². The minimum absolute atomic E-state index is 0.190. The van der Waals surface area contributed by atoms with E-state index in [9.17, 15) is 9.90 Å². The van der Waals surface area contributed by atoms with Gasteiger partial charge in [0.15, 0.2) is 0 Å². The van der Waals surface area contributed by atoms with Gasteiger partial charge < -0.3 is 9.84 Å². The molecular weight excluding hydrogens is 204 g/mol. The van der Waals surface area contributed by atoms with Crippen LogP contribution in [0.2, 0.25) is 0 Å². The van der Waals surface area contributed by atoms with Crippen molar-refractivity contribution in [2.24, 2.45) is 11.3 Å². The molecular formula is C13H22O3. The van der Waals surface area contributed by atoms with Crippen LogP contribution >= 0.6 is 0 Å². The molecule has 0 spiro atoms. The number of esters is 1. The number of methoxy groups -OCH3 is 1. The van der Waals surface area contributed by atoms with Crippen molar-refractivity contribution in [2.45, 2.75) is 45.6 Å². The summed E-state index contributed by atoms with van der Waals surface area (Å²) >= 11 is 0. The van der Waals surface area contributed by atoms with Crippen molar-refractivity contribution in [1.82, 2.24) is 0 Å². The van der Waals surface area contributed by atoms with Crippen molar-refractivity contribution < 1.29 is 14.6 Å². The van der Waals surface area contributed by atoms with Crippen LogP contribution in [0.5, 0.6) is 0 Å². The van der Waals surface area contributed by atoms with Crippen LogP contribution < -0.4 is 0 Å². The number of carbonyl (C=O) groups excluding carboxylic acids is 1. The largest absolute Gasteiger partial charge is 0.466 e. The number of aliphatic hydroxyl groups is 1. The van der Waals surface area contributed by atoms with Crippen LogP contribution in [0.3, 0.4) is 0 Å². The minimum atomic E-state index is -0.904. The van der Waals surface area contributed by atoms with Crippen LogP contribution in [-0.2, 0) is 9.53 Å². The first-order valence-corrected chi connectivity index (χ1v) is 5.80. The third kappa shape index (κ3) is 2.64. The van der Waals surface area contributed by atoms with Crippen molar-refractivity contribution in [3.05, 3.63) is 12.2 Å². The van der Waals surface area contributed by atoms with E-state index in [4.69, 9.17) is 0 Å². The molecule has 1 saturated carbocycles. The second-order valence-corrected chi connectivity index (χ2v) is 5.51. The molecule has 16 heavy (non-hydrogen) atoms. The molecule has 2 atom stereocenters. The Morgan fingerprint density at radius 1 is 1.50 bits per heavy atom. The summed E-state index contributed by atoms with van der Waals surface area (Å²) in [4.78, 5) is 11.1. The van der Waals surface area contributed by atoms with E-state index in [0.29, 0.717) is 12.3 Å². The fraction of sp³-hybridized carbons (Fsp3) is 0.769. The average Bonchev–Trinajstić information content (AvgIpc) is 2.21. The fourth-order valence-electron chi connectivity index (χ4n) is 2.30. The van der Waals surface area contributed by atoms with E-state index in [0.717, 1.165) is 12.8 Å². The molecule has 0 heterocycles. The molecule has 3 nitrogen and oxygen atoms in total. The molecule has 3 heteroatoms. The van der Waals surface area contributed by atoms with E-state index in [1.807, 2.05) is 13.8 Å². The topological polar surface area (TPSA) is 46.5 Å². The molecule has 1 fully saturated rings. The number of ether oxygens (including phenoxy) is 1. The maximum atomic E-state index is 11.1. The maximum absolute atomic E-state index is 11.1. The summed E-state index contributed by atoms with van der Waals surface area (Å²) in [5, 5.41) is 10.6. The molecule has 0 saturated heterocycles. The molecule has 1 aliphatic rings. The van der Waals surface area contributed by atoms with Crippen molar-refractivity contribution in [2.75, 3.05) is 7.11 Å². The van der Waals surface area contributed by atoms with E-state index in [2.05, 4.69) is 11.7 Å². The van der Waals surface area contributed by atoms with Crippen LogP contribution in [0, 0.1) is 11.3 Å². The lowest BCUT2D eigenvalue weighted by molar-refractivity contribution is -0.135. The van der Waals surface area contributed by atoms with Crippen molar-refractivity contribution in [1.29, 1.82) is 0 Å². The minimum Gasteiger partial charge on any atom is -0.466 e. The Bertz CT molecular complexity index is 294. The van der Waals surface area contributed by atoms with Gasteiger partial charge in [0.05, 0.1) is 12.7 Å². The second kappa shape index (κ2) is 4.58. The highest BCUT2D eigenvalue weighted by molar-refractivity contribution is 5.82. The lowest BCUT2D eigenvalue weighted by atomic mass is 9.62. The highest BCUT2D eigenvalue weighted by Gasteiger charge is 2.45. The summed E-state index contributed by atoms with van der Waals surface area (Å²) in [5.41, 5.74) is -1.09. The predicted octanol–water partition coefficient (Wildman–Crippen LogP) is 2.29. The number of hydrogen-bond donors (Lipinski definition) is 1. The maximum Gasteiger partial charge on any atom is 0.330 e. The van der Waals surface area contributed by atoms with Gasteiger partial charge in [0.25, 0.3) is 0 Å². The Balaban J connectivity index is 2.86. The molecule has 0 bridgehead atoms. The Hall–Kier alpha value is -0.830. The Morgan fingerprint density at radius 3 is 2.69 bits per heavy atom. The van der Waals surface area contributed by atoms with Gasteiger partial charge in [-0.2, -0.15) is 0 Å². The Morgan fingerprint density at radius 2 is 2.12 bits per heavy atom. The first kappa shape index (κ1) is 13.2. The summed E-state index contributed by atoms with van der Waals surface area (Å²) in [6, 6.07) is 0. The van der Waals surface area contributed by atoms with Gasteiger partial charge in [-0.3, -0.25) is 0 Å². The average molecular weight is 226 g/mol. The molecule has 92 valence electrons. The van der Waals surface area contributed by atoms with Crippen molar-refractivity contribution in [3.8, 4) is 0 Å². The molecule has 2 unspecified atom stereocenters. The summed E-state index contributed by atoms with van der Waals surface area (Å²) in [6.45, 7) is 6.22. The van der Waals surface area contributed by atoms with E-state index in [1.165, 1.54) is 13.2 Å². The zero-order valence-corrected chi connectivity index (χ0v) is 10.6. The zero-order chi connectivity index (χ0) is 12.4. The van der Waals surface area contributed by atoms with Gasteiger partial charge in [0.1, 0.15) is 0 Å². The second-order valence-electron chi connectivity index (χ2n) is 5.51. The van der Waals surface area contributed by atoms with Crippen LogP contribution in [0.15, 0.2) is 12.2 Å². The monoisotopic (exact) mass is 226 g/mol. The van der Waals surface area contributed by atoms with Gasteiger partial charge in [-0.05, 0) is 36.7 Å². The zero-order valence-electron chi connectivity index (χ0n) is 10.6. The third-order valence-electron chi connectivity index (χ3n) is 3.79. The van der Waals surface area contributed by atoms with E-state index >= 15 is 0 Å². The van der Waals surface area contributed by atoms with Gasteiger partial charge in [-0.25, -0.2) is 4.79 Å². The number of hydrogen-bond acceptors (Lipinski definition) is 3. The van der Waals surface area contributed by atoms with Crippen molar-refractivity contribution in [3.63, 3.8) is 0 Å². The third-order valence-corrected chi connectivity index (χ3v) is 3.79. The smallest absolute Gasteiger partial charge is 0.330 e. The quantitative estimate of drug-likeness (QED) is 0.580. The van der Waals surface area contributed by atoms with Gasteiger partial charge in [0, 0.05) is 6.08 Å². The predicted molar refractivity (Wildman–Crippen MR) is 62.9 cm³/mol. The highest BCUT2D eigenvalue weighted by atomic mass is 16.5. The van der Waals surface area contributed by atoms with Gasteiger partial charge in [-0.1, -0.05) is 20.8 Å². The fourth-order valence-corrected chi connectivity index (χ4v) is 2.30. The summed E-state index contributed by atoms with van der Waals surface area (Å²) in [5.74, 6) is 0.0720. The molecule has 0 amide bonds. The van der Waals surface area contributed by atoms with Gasteiger partial charge in [0.2, 0.25) is 0 Å². The van der Waals surface area contributed by atoms with E-state index in [-0.39, 0.29) is 5.41 Å². The van der Waals surface area contributed by atoms with Crippen LogP contribution in [0.25, 0.3) is 0 Å². The first-order valence-electron chi connectivity index (χ1n) is 5.80. The summed E-state index contributed by atoms with van der Waals surface area (Å²) < 4.78 is 4.54. The molecule has 0 aromatic rings. The molecule has 0 aromatic heterocycles. The summed E-state index contributed by atoms with van der Waals surface area (Å²) in [6.07, 6.45) is 5.74. The lowest BCUT2D eigenvalue weighted by Gasteiger charge is -2.47. The standard InChI is InChI=1S/C13H22O3/c1-10-5-7-12(2,3)13(15,9-10)8-6-11(14)16-4/h6,8,10,15H,5,7,9H2,1-4H3. The number of rotatable bonds is 2. The molecule has 1 rings (SSSR count). The van der Waals surface area contributed by atoms with Crippen LogP contribution in [0.4, 0.5) is 0 Å². The molecule has 0 radical (unpaired) electrons. The molecule has 1 N–H and O–H groups in total. The Labute approximate surface area is 97.5 Å². The highest BCUT2D eigenvalue weighted by Crippen LogP contribution is 2.46. The van der Waals surface area contributed by atoms with Crippen LogP contribution in [-0.4, -0.2) is 23.8 Å². The molecule has 0 aromatic carbocycles. The van der Waals surface area contributed by atoms with Gasteiger partial charge >= 0.3 is 5.97 Å². The molecule has 0 aliphatic heterocycles. The SMILES string of the molecule is COC(=O)C=CC1(O)CC(C)CCC1(C)C. The first-order chi connectivity index (χ1) is 7.31. The Kier molecular flexibility index (Phi) is 3.79.